The molecule has 1 aliphatic carbocycles. The van der Waals surface area contributed by atoms with Gasteiger partial charge in [-0.05, 0) is 43.3 Å². The van der Waals surface area contributed by atoms with Crippen LogP contribution in [-0.2, 0) is 6.42 Å². The van der Waals surface area contributed by atoms with Crippen molar-refractivity contribution in [2.24, 2.45) is 5.92 Å². The minimum atomic E-state index is 0.447. The van der Waals surface area contributed by atoms with Gasteiger partial charge in [0.25, 0.3) is 0 Å². The van der Waals surface area contributed by atoms with Crippen LogP contribution in [0.15, 0.2) is 0 Å². The summed E-state index contributed by atoms with van der Waals surface area (Å²) >= 11 is 1.58. The number of hydrogen-bond donors (Lipinski definition) is 1. The van der Waals surface area contributed by atoms with Gasteiger partial charge in [0.15, 0.2) is 0 Å². The Morgan fingerprint density at radius 1 is 1.41 bits per heavy atom. The first-order valence-electron chi connectivity index (χ1n) is 6.76. The van der Waals surface area contributed by atoms with Crippen molar-refractivity contribution in [3.05, 3.63) is 10.8 Å². The molecule has 0 amide bonds. The van der Waals surface area contributed by atoms with Gasteiger partial charge < -0.3 is 5.32 Å². The van der Waals surface area contributed by atoms with Crippen LogP contribution in [0.25, 0.3) is 0 Å². The molecule has 1 aromatic rings. The summed E-state index contributed by atoms with van der Waals surface area (Å²) in [5.74, 6) is 2.34. The van der Waals surface area contributed by atoms with Crippen LogP contribution in [0.2, 0.25) is 0 Å². The monoisotopic (exact) mass is 253 g/mol. The van der Waals surface area contributed by atoms with Gasteiger partial charge in [-0.3, -0.25) is 0 Å². The summed E-state index contributed by atoms with van der Waals surface area (Å²) in [5, 5.41) is 4.86. The van der Waals surface area contributed by atoms with Crippen molar-refractivity contribution >= 4 is 11.5 Å². The van der Waals surface area contributed by atoms with E-state index in [0.717, 1.165) is 24.7 Å². The molecule has 1 fully saturated rings. The second kappa shape index (κ2) is 5.91. The SMILES string of the molecule is CCCNC(Cc1nc(C(C)C)ns1)C1CC1. The highest BCUT2D eigenvalue weighted by atomic mass is 32.1. The van der Waals surface area contributed by atoms with Crippen LogP contribution < -0.4 is 5.32 Å². The summed E-state index contributed by atoms with van der Waals surface area (Å²) in [5.41, 5.74) is 0. The minimum Gasteiger partial charge on any atom is -0.313 e. The van der Waals surface area contributed by atoms with Gasteiger partial charge in [-0.2, -0.15) is 4.37 Å². The van der Waals surface area contributed by atoms with Crippen molar-refractivity contribution < 1.29 is 0 Å². The molecular weight excluding hydrogens is 230 g/mol. The molecule has 1 atom stereocenters. The standard InChI is InChI=1S/C13H23N3S/c1-4-7-14-11(10-5-6-10)8-12-15-13(9(2)3)16-17-12/h9-11,14H,4-8H2,1-3H3. The highest BCUT2D eigenvalue weighted by Crippen LogP contribution is 2.34. The molecule has 0 bridgehead atoms. The number of aromatic nitrogens is 2. The van der Waals surface area contributed by atoms with E-state index in [9.17, 15) is 0 Å². The Morgan fingerprint density at radius 2 is 2.18 bits per heavy atom. The van der Waals surface area contributed by atoms with Gasteiger partial charge in [0.1, 0.15) is 10.8 Å². The van der Waals surface area contributed by atoms with Crippen molar-refractivity contribution in [2.75, 3.05) is 6.54 Å². The smallest absolute Gasteiger partial charge is 0.145 e. The number of nitrogens with one attached hydrogen (secondary N) is 1. The fraction of sp³-hybridized carbons (Fsp3) is 0.846. The third-order valence-corrected chi connectivity index (χ3v) is 3.99. The Bertz CT molecular complexity index is 344. The van der Waals surface area contributed by atoms with E-state index in [2.05, 4.69) is 35.4 Å². The fourth-order valence-corrected chi connectivity index (χ4v) is 2.85. The van der Waals surface area contributed by atoms with Crippen LogP contribution in [0, 0.1) is 5.92 Å². The fourth-order valence-electron chi connectivity index (χ4n) is 2.01. The van der Waals surface area contributed by atoms with Crippen molar-refractivity contribution in [1.82, 2.24) is 14.7 Å². The Kier molecular flexibility index (Phi) is 4.51. The van der Waals surface area contributed by atoms with Crippen molar-refractivity contribution in [2.45, 2.75) is 58.4 Å². The zero-order valence-electron chi connectivity index (χ0n) is 11.1. The van der Waals surface area contributed by atoms with E-state index in [4.69, 9.17) is 0 Å². The van der Waals surface area contributed by atoms with E-state index in [0.29, 0.717) is 12.0 Å². The summed E-state index contributed by atoms with van der Waals surface area (Å²) in [6.07, 6.45) is 5.04. The Morgan fingerprint density at radius 3 is 2.71 bits per heavy atom. The van der Waals surface area contributed by atoms with Crippen LogP contribution in [0.5, 0.6) is 0 Å². The largest absolute Gasteiger partial charge is 0.313 e. The van der Waals surface area contributed by atoms with E-state index in [1.54, 1.807) is 11.5 Å². The topological polar surface area (TPSA) is 37.8 Å². The zero-order chi connectivity index (χ0) is 12.3. The van der Waals surface area contributed by atoms with E-state index >= 15 is 0 Å². The van der Waals surface area contributed by atoms with Crippen LogP contribution in [-0.4, -0.2) is 21.9 Å². The first-order chi connectivity index (χ1) is 8.20. The Balaban J connectivity index is 1.91. The predicted molar refractivity (Wildman–Crippen MR) is 72.5 cm³/mol. The van der Waals surface area contributed by atoms with Crippen molar-refractivity contribution in [3.8, 4) is 0 Å². The molecule has 0 aromatic carbocycles. The molecule has 96 valence electrons. The molecular formula is C13H23N3S. The number of hydrogen-bond acceptors (Lipinski definition) is 4. The Hall–Kier alpha value is -0.480. The molecule has 17 heavy (non-hydrogen) atoms. The van der Waals surface area contributed by atoms with E-state index in [1.165, 1.54) is 24.3 Å². The molecule has 1 saturated carbocycles. The summed E-state index contributed by atoms with van der Waals surface area (Å²) in [6.45, 7) is 7.65. The van der Waals surface area contributed by atoms with Gasteiger partial charge in [0.2, 0.25) is 0 Å². The summed E-state index contributed by atoms with van der Waals surface area (Å²) in [7, 11) is 0. The summed E-state index contributed by atoms with van der Waals surface area (Å²) in [6, 6.07) is 0.628. The van der Waals surface area contributed by atoms with Crippen LogP contribution in [0.3, 0.4) is 0 Å². The minimum absolute atomic E-state index is 0.447. The third-order valence-electron chi connectivity index (χ3n) is 3.24. The van der Waals surface area contributed by atoms with Gasteiger partial charge in [-0.25, -0.2) is 4.98 Å². The van der Waals surface area contributed by atoms with Gasteiger partial charge in [0.05, 0.1) is 0 Å². The van der Waals surface area contributed by atoms with Crippen molar-refractivity contribution in [3.63, 3.8) is 0 Å². The summed E-state index contributed by atoms with van der Waals surface area (Å²) < 4.78 is 4.43. The van der Waals surface area contributed by atoms with Crippen LogP contribution in [0.4, 0.5) is 0 Å². The molecule has 0 saturated heterocycles. The lowest BCUT2D eigenvalue weighted by Gasteiger charge is -2.16. The summed E-state index contributed by atoms with van der Waals surface area (Å²) in [4.78, 5) is 4.64. The molecule has 1 N–H and O–H groups in total. The molecule has 1 unspecified atom stereocenters. The molecule has 0 aliphatic heterocycles. The average molecular weight is 253 g/mol. The number of rotatable bonds is 7. The third kappa shape index (κ3) is 3.75. The second-order valence-electron chi connectivity index (χ2n) is 5.30. The number of nitrogens with zero attached hydrogens (tertiary/aromatic N) is 2. The lowest BCUT2D eigenvalue weighted by molar-refractivity contribution is 0.459. The average Bonchev–Trinajstić information content (AvgIpc) is 3.04. The molecule has 0 spiro atoms. The van der Waals surface area contributed by atoms with Crippen LogP contribution >= 0.6 is 11.5 Å². The molecule has 3 nitrogen and oxygen atoms in total. The van der Waals surface area contributed by atoms with Gasteiger partial charge in [0, 0.05) is 18.4 Å². The van der Waals surface area contributed by atoms with Crippen molar-refractivity contribution in [1.29, 1.82) is 0 Å². The normalized spacial score (nSPS) is 17.6. The zero-order valence-corrected chi connectivity index (χ0v) is 11.9. The maximum Gasteiger partial charge on any atom is 0.145 e. The molecule has 4 heteroatoms. The first kappa shape index (κ1) is 13.0. The molecule has 2 rings (SSSR count). The van der Waals surface area contributed by atoms with E-state index in [1.807, 2.05) is 0 Å². The van der Waals surface area contributed by atoms with Gasteiger partial charge in [-0.1, -0.05) is 20.8 Å². The maximum absolute atomic E-state index is 4.64. The second-order valence-corrected chi connectivity index (χ2v) is 6.14. The molecule has 1 heterocycles. The highest BCUT2D eigenvalue weighted by molar-refractivity contribution is 7.05. The maximum atomic E-state index is 4.64. The first-order valence-corrected chi connectivity index (χ1v) is 7.54. The van der Waals surface area contributed by atoms with E-state index < -0.39 is 0 Å². The van der Waals surface area contributed by atoms with Gasteiger partial charge in [-0.15, -0.1) is 0 Å². The lowest BCUT2D eigenvalue weighted by atomic mass is 10.1. The molecule has 1 aromatic heterocycles. The van der Waals surface area contributed by atoms with Gasteiger partial charge >= 0.3 is 0 Å². The predicted octanol–water partition coefficient (Wildman–Crippen LogP) is 2.98. The molecule has 0 radical (unpaired) electrons. The Labute approximate surface area is 108 Å². The lowest BCUT2D eigenvalue weighted by Crippen LogP contribution is -2.33. The molecule has 1 aliphatic rings. The van der Waals surface area contributed by atoms with E-state index in [-0.39, 0.29) is 0 Å². The highest BCUT2D eigenvalue weighted by Gasteiger charge is 2.31. The van der Waals surface area contributed by atoms with Crippen LogP contribution in [0.1, 0.15) is 56.8 Å². The quantitative estimate of drug-likeness (QED) is 0.812.